The number of hydrogen-bond donors (Lipinski definition) is 1. The predicted molar refractivity (Wildman–Crippen MR) is 74.4 cm³/mol. The summed E-state index contributed by atoms with van der Waals surface area (Å²) >= 11 is 0. The van der Waals surface area contributed by atoms with Crippen molar-refractivity contribution in [1.29, 1.82) is 0 Å². The highest BCUT2D eigenvalue weighted by molar-refractivity contribution is 4.99. The summed E-state index contributed by atoms with van der Waals surface area (Å²) < 4.78 is 0. The number of nitrogens with one attached hydrogen (secondary N) is 1. The topological polar surface area (TPSA) is 15.3 Å². The number of piperazine rings is 1. The van der Waals surface area contributed by atoms with Gasteiger partial charge in [0.2, 0.25) is 0 Å². The molecule has 1 heterocycles. The first-order chi connectivity index (χ1) is 8.29. The molecule has 1 N–H and O–H groups in total. The summed E-state index contributed by atoms with van der Waals surface area (Å²) in [5, 5.41) is 3.90. The summed E-state index contributed by atoms with van der Waals surface area (Å²) in [6.07, 6.45) is 11.1. The molecule has 1 saturated heterocycles. The lowest BCUT2D eigenvalue weighted by atomic mass is 9.79. The molecule has 100 valence electrons. The lowest BCUT2D eigenvalue weighted by molar-refractivity contribution is 0.0531. The highest BCUT2D eigenvalue weighted by atomic mass is 15.3. The van der Waals surface area contributed by atoms with E-state index >= 15 is 0 Å². The van der Waals surface area contributed by atoms with Gasteiger partial charge in [0, 0.05) is 24.7 Å². The van der Waals surface area contributed by atoms with E-state index in [-0.39, 0.29) is 0 Å². The molecule has 0 aromatic carbocycles. The smallest absolute Gasteiger partial charge is 0.0309 e. The van der Waals surface area contributed by atoms with E-state index in [4.69, 9.17) is 0 Å². The average Bonchev–Trinajstić information content (AvgIpc) is 2.37. The van der Waals surface area contributed by atoms with Crippen molar-refractivity contribution in [1.82, 2.24) is 10.2 Å². The van der Waals surface area contributed by atoms with Crippen molar-refractivity contribution in [3.05, 3.63) is 0 Å². The minimum Gasteiger partial charge on any atom is -0.308 e. The molecule has 1 saturated carbocycles. The van der Waals surface area contributed by atoms with Crippen LogP contribution in [-0.2, 0) is 0 Å². The molecular weight excluding hydrogens is 208 g/mol. The zero-order valence-electron chi connectivity index (χ0n) is 11.8. The van der Waals surface area contributed by atoms with Gasteiger partial charge in [-0.25, -0.2) is 0 Å². The maximum Gasteiger partial charge on any atom is 0.0309 e. The Hall–Kier alpha value is -0.0800. The lowest BCUT2D eigenvalue weighted by Gasteiger charge is -2.49. The molecule has 2 fully saturated rings. The molecule has 2 heteroatoms. The maximum atomic E-state index is 3.90. The first-order valence-corrected chi connectivity index (χ1v) is 7.79. The van der Waals surface area contributed by atoms with Gasteiger partial charge in [-0.05, 0) is 32.2 Å². The summed E-state index contributed by atoms with van der Waals surface area (Å²) in [4.78, 5) is 2.78. The van der Waals surface area contributed by atoms with Gasteiger partial charge in [0.1, 0.15) is 0 Å². The fourth-order valence-corrected chi connectivity index (χ4v) is 3.63. The van der Waals surface area contributed by atoms with Crippen molar-refractivity contribution in [2.45, 2.75) is 76.8 Å². The van der Waals surface area contributed by atoms with Crippen molar-refractivity contribution in [2.75, 3.05) is 19.6 Å². The molecule has 1 spiro atoms. The second kappa shape index (κ2) is 6.19. The van der Waals surface area contributed by atoms with Crippen molar-refractivity contribution in [2.24, 2.45) is 0 Å². The van der Waals surface area contributed by atoms with Gasteiger partial charge in [0.15, 0.2) is 0 Å². The third-order valence-electron chi connectivity index (χ3n) is 4.82. The summed E-state index contributed by atoms with van der Waals surface area (Å²) in [7, 11) is 0. The van der Waals surface area contributed by atoms with Crippen molar-refractivity contribution < 1.29 is 0 Å². The quantitative estimate of drug-likeness (QED) is 0.809. The normalized spacial score (nSPS) is 29.6. The molecule has 2 nitrogen and oxygen atoms in total. The molecule has 17 heavy (non-hydrogen) atoms. The van der Waals surface area contributed by atoms with Crippen LogP contribution in [0.25, 0.3) is 0 Å². The minimum atomic E-state index is 0.484. The van der Waals surface area contributed by atoms with Crippen molar-refractivity contribution in [3.63, 3.8) is 0 Å². The fourth-order valence-electron chi connectivity index (χ4n) is 3.63. The lowest BCUT2D eigenvalue weighted by Crippen LogP contribution is -2.64. The Bertz CT molecular complexity index is 221. The minimum absolute atomic E-state index is 0.484. The highest BCUT2D eigenvalue weighted by Gasteiger charge is 2.38. The highest BCUT2D eigenvalue weighted by Crippen LogP contribution is 2.32. The van der Waals surface area contributed by atoms with Crippen molar-refractivity contribution >= 4 is 0 Å². The largest absolute Gasteiger partial charge is 0.308 e. The van der Waals surface area contributed by atoms with Gasteiger partial charge in [-0.15, -0.1) is 0 Å². The van der Waals surface area contributed by atoms with Gasteiger partial charge < -0.3 is 5.32 Å². The Labute approximate surface area is 107 Å². The Morgan fingerprint density at radius 1 is 1.18 bits per heavy atom. The zero-order chi connectivity index (χ0) is 12.1. The molecule has 0 radical (unpaired) electrons. The van der Waals surface area contributed by atoms with Crippen LogP contribution in [0.15, 0.2) is 0 Å². The summed E-state index contributed by atoms with van der Waals surface area (Å²) in [6, 6.07) is 0.786. The standard InChI is InChI=1S/C15H30N2/c1-3-5-11-17-13-15(9-7-6-8-10-15)16-12-14(17)4-2/h14,16H,3-13H2,1-2H3. The molecule has 2 aliphatic rings. The average molecular weight is 238 g/mol. The molecule has 1 unspecified atom stereocenters. The number of unbranched alkanes of at least 4 members (excludes halogenated alkanes) is 1. The molecule has 2 rings (SSSR count). The monoisotopic (exact) mass is 238 g/mol. The summed E-state index contributed by atoms with van der Waals surface area (Å²) in [6.45, 7) is 8.49. The SMILES string of the molecule is CCCCN1CC2(CCCCC2)NCC1CC. The molecule has 1 aliphatic carbocycles. The Morgan fingerprint density at radius 3 is 2.59 bits per heavy atom. The maximum absolute atomic E-state index is 3.90. The molecular formula is C15H30N2. The van der Waals surface area contributed by atoms with E-state index in [1.807, 2.05) is 0 Å². The van der Waals surface area contributed by atoms with Crippen LogP contribution in [0.3, 0.4) is 0 Å². The van der Waals surface area contributed by atoms with E-state index in [2.05, 4.69) is 24.1 Å². The van der Waals surface area contributed by atoms with Crippen LogP contribution in [0, 0.1) is 0 Å². The van der Waals surface area contributed by atoms with E-state index in [1.165, 1.54) is 71.0 Å². The Kier molecular flexibility index (Phi) is 4.87. The van der Waals surface area contributed by atoms with Gasteiger partial charge in [-0.2, -0.15) is 0 Å². The third-order valence-corrected chi connectivity index (χ3v) is 4.82. The molecule has 0 bridgehead atoms. The number of nitrogens with zero attached hydrogens (tertiary/aromatic N) is 1. The van der Waals surface area contributed by atoms with E-state index in [0.717, 1.165) is 6.04 Å². The Balaban J connectivity index is 1.95. The summed E-state index contributed by atoms with van der Waals surface area (Å²) in [5.74, 6) is 0. The molecule has 0 aromatic heterocycles. The van der Waals surface area contributed by atoms with E-state index < -0.39 is 0 Å². The van der Waals surface area contributed by atoms with Crippen molar-refractivity contribution in [3.8, 4) is 0 Å². The summed E-state index contributed by atoms with van der Waals surface area (Å²) in [5.41, 5.74) is 0.484. The zero-order valence-corrected chi connectivity index (χ0v) is 11.8. The van der Waals surface area contributed by atoms with Gasteiger partial charge in [-0.1, -0.05) is 39.5 Å². The van der Waals surface area contributed by atoms with E-state index in [1.54, 1.807) is 0 Å². The van der Waals surface area contributed by atoms with Crippen LogP contribution < -0.4 is 5.32 Å². The molecule has 0 aromatic rings. The van der Waals surface area contributed by atoms with Gasteiger partial charge >= 0.3 is 0 Å². The third kappa shape index (κ3) is 3.23. The van der Waals surface area contributed by atoms with Crippen LogP contribution >= 0.6 is 0 Å². The van der Waals surface area contributed by atoms with E-state index in [9.17, 15) is 0 Å². The molecule has 0 amide bonds. The first-order valence-electron chi connectivity index (χ1n) is 7.79. The van der Waals surface area contributed by atoms with E-state index in [0.29, 0.717) is 5.54 Å². The molecule has 1 aliphatic heterocycles. The van der Waals surface area contributed by atoms with Crippen LogP contribution in [-0.4, -0.2) is 36.1 Å². The number of rotatable bonds is 4. The Morgan fingerprint density at radius 2 is 1.94 bits per heavy atom. The van der Waals surface area contributed by atoms with Crippen LogP contribution in [0.5, 0.6) is 0 Å². The van der Waals surface area contributed by atoms with Gasteiger partial charge in [-0.3, -0.25) is 4.90 Å². The number of hydrogen-bond acceptors (Lipinski definition) is 2. The first kappa shape index (κ1) is 13.4. The van der Waals surface area contributed by atoms with Crippen LogP contribution in [0.4, 0.5) is 0 Å². The fraction of sp³-hybridized carbons (Fsp3) is 1.00. The van der Waals surface area contributed by atoms with Crippen LogP contribution in [0.2, 0.25) is 0 Å². The second-order valence-electron chi connectivity index (χ2n) is 6.11. The predicted octanol–water partition coefficient (Wildman–Crippen LogP) is 3.17. The second-order valence-corrected chi connectivity index (χ2v) is 6.11. The van der Waals surface area contributed by atoms with Gasteiger partial charge in [0.25, 0.3) is 0 Å². The van der Waals surface area contributed by atoms with Gasteiger partial charge in [0.05, 0.1) is 0 Å². The molecule has 1 atom stereocenters. The van der Waals surface area contributed by atoms with Crippen LogP contribution in [0.1, 0.15) is 65.2 Å².